The molecule has 0 saturated heterocycles. The highest BCUT2D eigenvalue weighted by Crippen LogP contribution is 2.64. The van der Waals surface area contributed by atoms with Crippen molar-refractivity contribution in [3.05, 3.63) is 251 Å². The molecule has 0 saturated carbocycles. The lowest BCUT2D eigenvalue weighted by Crippen LogP contribution is -2.37. The van der Waals surface area contributed by atoms with Gasteiger partial charge in [-0.1, -0.05) is 194 Å². The molecule has 0 radical (unpaired) electrons. The summed E-state index contributed by atoms with van der Waals surface area (Å²) in [5.74, 6) is 0. The first kappa shape index (κ1) is 32.2. The number of allylic oxidation sites excluding steroid dienone is 7. The Labute approximate surface area is 328 Å². The monoisotopic (exact) mass is 711 g/mol. The van der Waals surface area contributed by atoms with Crippen molar-refractivity contribution >= 4 is 34.7 Å². The van der Waals surface area contributed by atoms with Gasteiger partial charge in [-0.15, -0.1) is 0 Å². The summed E-state index contributed by atoms with van der Waals surface area (Å²) in [6, 6.07) is 66.0. The van der Waals surface area contributed by atoms with Crippen LogP contribution in [0.1, 0.15) is 22.3 Å². The molecule has 7 aromatic carbocycles. The number of benzene rings is 7. The summed E-state index contributed by atoms with van der Waals surface area (Å²) in [5.41, 5.74) is 20.2. The molecular weight excluding hydrogens is 675 g/mol. The largest absolute Gasteiger partial charge is 0.311 e. The Balaban J connectivity index is 1.23. The number of fused-ring (bicyclic) bond motifs is 8. The van der Waals surface area contributed by atoms with Crippen molar-refractivity contribution in [1.29, 1.82) is 0 Å². The van der Waals surface area contributed by atoms with Gasteiger partial charge in [0.2, 0.25) is 0 Å². The number of hydrogen-bond donors (Lipinski definition) is 0. The Kier molecular flexibility index (Phi) is 7.47. The minimum absolute atomic E-state index is 0.609. The number of nitrogens with zero attached hydrogens (tertiary/aromatic N) is 1. The normalized spacial score (nSPS) is 17.1. The van der Waals surface area contributed by atoms with E-state index in [1.807, 2.05) is 0 Å². The second kappa shape index (κ2) is 13.0. The Morgan fingerprint density at radius 2 is 0.786 bits per heavy atom. The average Bonchev–Trinajstić information content (AvgIpc) is 3.86. The second-order valence-electron chi connectivity index (χ2n) is 14.8. The summed E-state index contributed by atoms with van der Waals surface area (Å²) >= 11 is 0. The zero-order valence-electron chi connectivity index (χ0n) is 30.8. The number of anilines is 2. The van der Waals surface area contributed by atoms with Crippen LogP contribution in [0.25, 0.3) is 56.7 Å². The van der Waals surface area contributed by atoms with E-state index in [4.69, 9.17) is 0 Å². The molecule has 1 nitrogen and oxygen atoms in total. The number of para-hydroxylation sites is 2. The molecule has 7 aromatic rings. The van der Waals surface area contributed by atoms with E-state index in [9.17, 15) is 0 Å². The van der Waals surface area contributed by atoms with E-state index < -0.39 is 5.41 Å². The molecule has 0 aromatic heterocycles. The van der Waals surface area contributed by atoms with Gasteiger partial charge < -0.3 is 4.90 Å². The maximum Gasteiger partial charge on any atom is 0.0803 e. The van der Waals surface area contributed by atoms with Gasteiger partial charge in [-0.3, -0.25) is 0 Å². The summed E-state index contributed by atoms with van der Waals surface area (Å²) in [6.45, 7) is 0. The molecule has 1 unspecified atom stereocenters. The van der Waals surface area contributed by atoms with Gasteiger partial charge in [0, 0.05) is 16.8 Å². The first-order valence-electron chi connectivity index (χ1n) is 19.4. The van der Waals surface area contributed by atoms with Crippen LogP contribution >= 0.6 is 0 Å². The van der Waals surface area contributed by atoms with Crippen LogP contribution in [0.3, 0.4) is 0 Å². The van der Waals surface area contributed by atoms with Crippen molar-refractivity contribution in [2.75, 3.05) is 4.90 Å². The van der Waals surface area contributed by atoms with E-state index in [1.165, 1.54) is 83.6 Å². The molecule has 0 amide bonds. The molecule has 1 spiro atoms. The quantitative estimate of drug-likeness (QED) is 0.166. The molecule has 11 rings (SSSR count). The zero-order valence-corrected chi connectivity index (χ0v) is 30.8. The number of hydrogen-bond acceptors (Lipinski definition) is 1. The smallest absolute Gasteiger partial charge is 0.0803 e. The predicted octanol–water partition coefficient (Wildman–Crippen LogP) is 14.2. The van der Waals surface area contributed by atoms with Crippen molar-refractivity contribution in [2.45, 2.75) is 0 Å². The van der Waals surface area contributed by atoms with Crippen LogP contribution in [-0.2, 0) is 0 Å². The van der Waals surface area contributed by atoms with Gasteiger partial charge in [0.15, 0.2) is 0 Å². The summed E-state index contributed by atoms with van der Waals surface area (Å²) in [7, 11) is 0. The molecule has 0 bridgehead atoms. The minimum Gasteiger partial charge on any atom is -0.311 e. The predicted molar refractivity (Wildman–Crippen MR) is 236 cm³/mol. The van der Waals surface area contributed by atoms with Crippen molar-refractivity contribution in [2.24, 2.45) is 5.41 Å². The Morgan fingerprint density at radius 1 is 0.339 bits per heavy atom. The lowest BCUT2D eigenvalue weighted by atomic mass is 9.63. The Morgan fingerprint density at radius 3 is 1.41 bits per heavy atom. The first-order valence-corrected chi connectivity index (χ1v) is 19.4. The highest BCUT2D eigenvalue weighted by molar-refractivity contribution is 6.07. The molecule has 4 aliphatic rings. The third-order valence-electron chi connectivity index (χ3n) is 11.9. The van der Waals surface area contributed by atoms with E-state index in [1.54, 1.807) is 0 Å². The molecule has 0 heterocycles. The maximum atomic E-state index is 2.58. The van der Waals surface area contributed by atoms with Crippen LogP contribution < -0.4 is 4.90 Å². The van der Waals surface area contributed by atoms with E-state index in [2.05, 4.69) is 229 Å². The van der Waals surface area contributed by atoms with Crippen molar-refractivity contribution in [3.63, 3.8) is 0 Å². The first-order chi connectivity index (χ1) is 27.8. The van der Waals surface area contributed by atoms with Gasteiger partial charge in [-0.2, -0.15) is 0 Å². The fraction of sp³-hybridized carbons (Fsp3) is 0.0182. The molecule has 262 valence electrons. The third kappa shape index (κ3) is 4.88. The lowest BCUT2D eigenvalue weighted by molar-refractivity contribution is 0.677. The van der Waals surface area contributed by atoms with Crippen molar-refractivity contribution < 1.29 is 0 Å². The van der Waals surface area contributed by atoms with Crippen LogP contribution in [0.4, 0.5) is 11.4 Å². The molecule has 0 N–H and O–H groups in total. The SMILES string of the molecule is C1=CC2(C3=Cc4ccccc4C3=C1)C1=Cc3ccccc3C1=CC=C2N(c1ccccc1-c1ccccc1)c1ccccc1-c1ccccc1-c1ccccc1. The molecular formula is C55H37N. The van der Waals surface area contributed by atoms with E-state index >= 15 is 0 Å². The summed E-state index contributed by atoms with van der Waals surface area (Å²) in [5, 5.41) is 0. The van der Waals surface area contributed by atoms with E-state index in [0.717, 1.165) is 11.4 Å². The number of rotatable bonds is 6. The van der Waals surface area contributed by atoms with Gasteiger partial charge in [-0.05, 0) is 97.2 Å². The van der Waals surface area contributed by atoms with Crippen LogP contribution in [0.5, 0.6) is 0 Å². The topological polar surface area (TPSA) is 3.24 Å². The summed E-state index contributed by atoms with van der Waals surface area (Å²) < 4.78 is 0. The fourth-order valence-electron chi connectivity index (χ4n) is 9.43. The molecule has 1 atom stereocenters. The van der Waals surface area contributed by atoms with E-state index in [-0.39, 0.29) is 0 Å². The van der Waals surface area contributed by atoms with Crippen molar-refractivity contribution in [1.82, 2.24) is 0 Å². The van der Waals surface area contributed by atoms with Gasteiger partial charge in [0.1, 0.15) is 0 Å². The standard InChI is InChI=1S/C55H37N/c1-3-18-38(19-4-1)42-24-11-12-28-46(42)49-29-14-16-32-53(49)56(52-31-15-13-27-45(52)39-20-5-2-6-21-39)54-34-33-48-44-26-10-8-23-41(44)37-51(48)55(54)35-17-30-47-43-25-9-7-22-40(43)36-50(47)55/h1-37H. The van der Waals surface area contributed by atoms with Crippen LogP contribution in [0.2, 0.25) is 0 Å². The van der Waals surface area contributed by atoms with Gasteiger partial charge in [0.05, 0.1) is 16.8 Å². The molecule has 0 fully saturated rings. The molecule has 4 aliphatic carbocycles. The summed E-state index contributed by atoms with van der Waals surface area (Å²) in [6.07, 6.45) is 16.7. The molecule has 0 aliphatic heterocycles. The third-order valence-corrected chi connectivity index (χ3v) is 11.9. The van der Waals surface area contributed by atoms with E-state index in [0.29, 0.717) is 0 Å². The Bertz CT molecular complexity index is 2870. The lowest BCUT2D eigenvalue weighted by Gasteiger charge is -2.46. The van der Waals surface area contributed by atoms with Crippen LogP contribution in [0.15, 0.2) is 229 Å². The van der Waals surface area contributed by atoms with Crippen LogP contribution in [0, 0.1) is 5.41 Å². The fourth-order valence-corrected chi connectivity index (χ4v) is 9.43. The van der Waals surface area contributed by atoms with Crippen molar-refractivity contribution in [3.8, 4) is 33.4 Å². The molecule has 1 heteroatoms. The van der Waals surface area contributed by atoms with Gasteiger partial charge in [0.25, 0.3) is 0 Å². The van der Waals surface area contributed by atoms with Gasteiger partial charge >= 0.3 is 0 Å². The second-order valence-corrected chi connectivity index (χ2v) is 14.8. The van der Waals surface area contributed by atoms with Gasteiger partial charge in [-0.25, -0.2) is 0 Å². The Hall–Kier alpha value is -7.22. The summed E-state index contributed by atoms with van der Waals surface area (Å²) in [4.78, 5) is 2.58. The minimum atomic E-state index is -0.609. The maximum absolute atomic E-state index is 2.58. The molecule has 56 heavy (non-hydrogen) atoms. The average molecular weight is 712 g/mol. The highest BCUT2D eigenvalue weighted by Gasteiger charge is 2.50. The van der Waals surface area contributed by atoms with Crippen LogP contribution in [-0.4, -0.2) is 0 Å². The zero-order chi connectivity index (χ0) is 37.1. The highest BCUT2D eigenvalue weighted by atomic mass is 15.2.